The fourth-order valence-corrected chi connectivity index (χ4v) is 3.12. The Kier molecular flexibility index (Phi) is 4.85. The molecule has 0 aliphatic rings. The van der Waals surface area contributed by atoms with Crippen molar-refractivity contribution in [1.29, 1.82) is 0 Å². The first kappa shape index (κ1) is 16.8. The lowest BCUT2D eigenvalue weighted by Gasteiger charge is -2.05. The predicted molar refractivity (Wildman–Crippen MR) is 91.0 cm³/mol. The Bertz CT molecular complexity index is 952. The molecule has 0 fully saturated rings. The van der Waals surface area contributed by atoms with Crippen LogP contribution in [0.4, 0.5) is 4.39 Å². The van der Waals surface area contributed by atoms with Crippen molar-refractivity contribution >= 4 is 39.2 Å². The first-order valence-corrected chi connectivity index (χ1v) is 8.10. The highest BCUT2D eigenvalue weighted by Gasteiger charge is 2.16. The Hall–Kier alpha value is -3.06. The summed E-state index contributed by atoms with van der Waals surface area (Å²) in [7, 11) is 0. The van der Waals surface area contributed by atoms with E-state index in [1.54, 1.807) is 42.5 Å². The van der Waals surface area contributed by atoms with E-state index in [0.717, 1.165) is 11.3 Å². The molecule has 3 rings (SSSR count). The molecule has 1 N–H and O–H groups in total. The second kappa shape index (κ2) is 7.23. The molecule has 0 bridgehead atoms. The van der Waals surface area contributed by atoms with E-state index in [-0.39, 0.29) is 4.88 Å². The van der Waals surface area contributed by atoms with Crippen LogP contribution in [0.1, 0.15) is 20.0 Å². The van der Waals surface area contributed by atoms with Crippen LogP contribution in [0, 0.1) is 5.82 Å². The molecule has 0 radical (unpaired) electrons. The molecular weight excluding hydrogens is 345 g/mol. The third-order valence-corrected chi connectivity index (χ3v) is 4.41. The number of imide groups is 1. The molecule has 0 aliphatic carbocycles. The molecule has 3 aromatic rings. The molecule has 0 saturated heterocycles. The highest BCUT2D eigenvalue weighted by atomic mass is 32.1. The molecule has 5 nitrogen and oxygen atoms in total. The summed E-state index contributed by atoms with van der Waals surface area (Å²) in [6.45, 7) is -0.603. The average molecular weight is 357 g/mol. The molecule has 2 aromatic carbocycles. The summed E-state index contributed by atoms with van der Waals surface area (Å²) in [5.74, 6) is -2.50. The summed E-state index contributed by atoms with van der Waals surface area (Å²) in [4.78, 5) is 35.7. The minimum atomic E-state index is -0.747. The van der Waals surface area contributed by atoms with E-state index < -0.39 is 30.2 Å². The zero-order valence-corrected chi connectivity index (χ0v) is 13.6. The second-order valence-electron chi connectivity index (χ2n) is 5.08. The molecule has 1 heterocycles. The fraction of sp³-hybridized carbons (Fsp3) is 0.0556. The van der Waals surface area contributed by atoms with Gasteiger partial charge in [-0.15, -0.1) is 11.3 Å². The highest BCUT2D eigenvalue weighted by molar-refractivity contribution is 7.20. The third-order valence-electron chi connectivity index (χ3n) is 3.33. The lowest BCUT2D eigenvalue weighted by molar-refractivity contribution is -0.123. The lowest BCUT2D eigenvalue weighted by Crippen LogP contribution is -2.34. The summed E-state index contributed by atoms with van der Waals surface area (Å²) in [5, 5.41) is 2.45. The quantitative estimate of drug-likeness (QED) is 0.728. The number of amides is 2. The van der Waals surface area contributed by atoms with Gasteiger partial charge < -0.3 is 4.74 Å². The van der Waals surface area contributed by atoms with Crippen LogP contribution < -0.4 is 5.32 Å². The van der Waals surface area contributed by atoms with E-state index in [2.05, 4.69) is 5.32 Å². The Labute approximate surface area is 146 Å². The van der Waals surface area contributed by atoms with Crippen LogP contribution in [0.5, 0.6) is 0 Å². The molecule has 0 spiro atoms. The van der Waals surface area contributed by atoms with Gasteiger partial charge in [-0.2, -0.15) is 0 Å². The first-order chi connectivity index (χ1) is 12.0. The van der Waals surface area contributed by atoms with Gasteiger partial charge in [0.05, 0.1) is 0 Å². The van der Waals surface area contributed by atoms with E-state index >= 15 is 0 Å². The van der Waals surface area contributed by atoms with Crippen molar-refractivity contribution < 1.29 is 23.5 Å². The maximum atomic E-state index is 13.6. The molecule has 25 heavy (non-hydrogen) atoms. The van der Waals surface area contributed by atoms with Gasteiger partial charge in [-0.25, -0.2) is 9.18 Å². The first-order valence-electron chi connectivity index (χ1n) is 7.29. The van der Waals surface area contributed by atoms with Crippen molar-refractivity contribution in [3.05, 3.63) is 70.9 Å². The van der Waals surface area contributed by atoms with Crippen LogP contribution in [0.3, 0.4) is 0 Å². The Morgan fingerprint density at radius 3 is 2.52 bits per heavy atom. The summed E-state index contributed by atoms with van der Waals surface area (Å²) in [6.07, 6.45) is 0. The third kappa shape index (κ3) is 3.89. The van der Waals surface area contributed by atoms with Gasteiger partial charge in [0, 0.05) is 15.6 Å². The lowest BCUT2D eigenvalue weighted by atomic mass is 10.2. The number of thiophene rings is 1. The largest absolute Gasteiger partial charge is 0.451 e. The number of ether oxygens (including phenoxy) is 1. The maximum Gasteiger partial charge on any atom is 0.348 e. The SMILES string of the molecule is O=C(COC(=O)c1cc2c(F)cccc2s1)NC(=O)c1ccccc1. The number of nitrogens with one attached hydrogen (secondary N) is 1. The molecule has 126 valence electrons. The van der Waals surface area contributed by atoms with Gasteiger partial charge >= 0.3 is 5.97 Å². The summed E-state index contributed by atoms with van der Waals surface area (Å²) < 4.78 is 19.1. The van der Waals surface area contributed by atoms with Crippen LogP contribution in [0.25, 0.3) is 10.1 Å². The Balaban J connectivity index is 1.58. The zero-order chi connectivity index (χ0) is 17.8. The number of benzene rings is 2. The van der Waals surface area contributed by atoms with Crippen molar-refractivity contribution in [1.82, 2.24) is 5.32 Å². The van der Waals surface area contributed by atoms with Crippen molar-refractivity contribution in [3.63, 3.8) is 0 Å². The monoisotopic (exact) mass is 357 g/mol. The van der Waals surface area contributed by atoms with Crippen LogP contribution in [-0.4, -0.2) is 24.4 Å². The van der Waals surface area contributed by atoms with E-state index in [4.69, 9.17) is 4.74 Å². The zero-order valence-electron chi connectivity index (χ0n) is 12.8. The van der Waals surface area contributed by atoms with E-state index in [0.29, 0.717) is 15.6 Å². The Morgan fingerprint density at radius 2 is 1.80 bits per heavy atom. The van der Waals surface area contributed by atoms with Crippen molar-refractivity contribution in [2.24, 2.45) is 0 Å². The van der Waals surface area contributed by atoms with E-state index in [1.165, 1.54) is 12.1 Å². The van der Waals surface area contributed by atoms with Crippen molar-refractivity contribution in [3.8, 4) is 0 Å². The highest BCUT2D eigenvalue weighted by Crippen LogP contribution is 2.28. The number of halogens is 1. The average Bonchev–Trinajstić information content (AvgIpc) is 3.06. The molecule has 0 saturated carbocycles. The number of carbonyl (C=O) groups is 3. The van der Waals surface area contributed by atoms with Crippen molar-refractivity contribution in [2.45, 2.75) is 0 Å². The number of fused-ring (bicyclic) bond motifs is 1. The summed E-state index contributed by atoms with van der Waals surface area (Å²) in [6, 6.07) is 14.1. The number of esters is 1. The molecular formula is C18H12FNO4S. The van der Waals surface area contributed by atoms with Crippen LogP contribution >= 0.6 is 11.3 Å². The maximum absolute atomic E-state index is 13.6. The number of rotatable bonds is 4. The minimum Gasteiger partial charge on any atom is -0.451 e. The minimum absolute atomic E-state index is 0.183. The van der Waals surface area contributed by atoms with Gasteiger partial charge in [-0.05, 0) is 30.3 Å². The molecule has 0 unspecified atom stereocenters. The van der Waals surface area contributed by atoms with Gasteiger partial charge in [-0.1, -0.05) is 24.3 Å². The fourth-order valence-electron chi connectivity index (χ4n) is 2.15. The molecule has 1 aromatic heterocycles. The van der Waals surface area contributed by atoms with Crippen LogP contribution in [0.2, 0.25) is 0 Å². The Morgan fingerprint density at radius 1 is 1.04 bits per heavy atom. The normalized spacial score (nSPS) is 10.4. The second-order valence-corrected chi connectivity index (χ2v) is 6.17. The summed E-state index contributed by atoms with van der Waals surface area (Å²) in [5.41, 5.74) is 0.321. The number of hydrogen-bond donors (Lipinski definition) is 1. The van der Waals surface area contributed by atoms with Crippen molar-refractivity contribution in [2.75, 3.05) is 6.61 Å². The summed E-state index contributed by atoms with van der Waals surface area (Å²) >= 11 is 1.07. The molecule has 0 atom stereocenters. The van der Waals surface area contributed by atoms with Gasteiger partial charge in [0.15, 0.2) is 6.61 Å². The van der Waals surface area contributed by atoms with Crippen LogP contribution in [-0.2, 0) is 9.53 Å². The van der Waals surface area contributed by atoms with E-state index in [1.807, 2.05) is 0 Å². The standard InChI is InChI=1S/C18H12FNO4S/c19-13-7-4-8-14-12(13)9-15(25-14)18(23)24-10-16(21)20-17(22)11-5-2-1-3-6-11/h1-9H,10H2,(H,20,21,22). The molecule has 0 aliphatic heterocycles. The smallest absolute Gasteiger partial charge is 0.348 e. The van der Waals surface area contributed by atoms with Gasteiger partial charge in [0.25, 0.3) is 11.8 Å². The predicted octanol–water partition coefficient (Wildman–Crippen LogP) is 3.15. The molecule has 2 amide bonds. The number of hydrogen-bond acceptors (Lipinski definition) is 5. The van der Waals surface area contributed by atoms with Gasteiger partial charge in [0.2, 0.25) is 0 Å². The van der Waals surface area contributed by atoms with E-state index in [9.17, 15) is 18.8 Å². The molecule has 7 heteroatoms. The van der Waals surface area contributed by atoms with Gasteiger partial charge in [0.1, 0.15) is 10.7 Å². The van der Waals surface area contributed by atoms with Crippen LogP contribution in [0.15, 0.2) is 54.6 Å². The number of carbonyl (C=O) groups excluding carboxylic acids is 3. The topological polar surface area (TPSA) is 72.5 Å². The van der Waals surface area contributed by atoms with Gasteiger partial charge in [-0.3, -0.25) is 14.9 Å².